The highest BCUT2D eigenvalue weighted by Gasteiger charge is 2.45. The van der Waals surface area contributed by atoms with Crippen LogP contribution in [0.15, 0.2) is 30.5 Å². The van der Waals surface area contributed by atoms with E-state index in [-0.39, 0.29) is 11.8 Å². The summed E-state index contributed by atoms with van der Waals surface area (Å²) in [7, 11) is 0. The number of rotatable bonds is 9. The molecule has 0 bridgehead atoms. The predicted molar refractivity (Wildman–Crippen MR) is 118 cm³/mol. The van der Waals surface area contributed by atoms with E-state index >= 15 is 0 Å². The lowest BCUT2D eigenvalue weighted by atomic mass is 9.98. The minimum absolute atomic E-state index is 0.0762. The van der Waals surface area contributed by atoms with Gasteiger partial charge in [0.2, 0.25) is 5.88 Å². The molecule has 10 heteroatoms. The second-order valence-corrected chi connectivity index (χ2v) is 8.90. The third-order valence-corrected chi connectivity index (χ3v) is 6.36. The number of carboxylic acids is 1. The van der Waals surface area contributed by atoms with Gasteiger partial charge in [0.25, 0.3) is 0 Å². The number of nitrogens with zero attached hydrogens (tertiary/aromatic N) is 3. The Morgan fingerprint density at radius 2 is 1.94 bits per heavy atom. The van der Waals surface area contributed by atoms with Crippen LogP contribution in [0.2, 0.25) is 0 Å². The molecule has 1 saturated carbocycles. The summed E-state index contributed by atoms with van der Waals surface area (Å²) in [5, 5.41) is 17.4. The van der Waals surface area contributed by atoms with Crippen LogP contribution in [0.4, 0.5) is 13.2 Å². The van der Waals surface area contributed by atoms with Crippen LogP contribution in [0.5, 0.6) is 11.6 Å². The highest BCUT2D eigenvalue weighted by molar-refractivity contribution is 5.76. The van der Waals surface area contributed by atoms with Gasteiger partial charge in [0, 0.05) is 17.5 Å². The first-order valence-corrected chi connectivity index (χ1v) is 11.5. The molecule has 2 aromatic rings. The average Bonchev–Trinajstić information content (AvgIpc) is 3.60. The molecule has 34 heavy (non-hydrogen) atoms. The number of hydrogen-bond donors (Lipinski definition) is 1. The lowest BCUT2D eigenvalue weighted by Crippen LogP contribution is -2.41. The quantitative estimate of drug-likeness (QED) is 0.571. The average molecular weight is 479 g/mol. The van der Waals surface area contributed by atoms with Crippen molar-refractivity contribution < 1.29 is 32.5 Å². The minimum Gasteiger partial charge on any atom is -0.494 e. The van der Waals surface area contributed by atoms with E-state index in [1.54, 1.807) is 12.3 Å². The van der Waals surface area contributed by atoms with Crippen molar-refractivity contribution in [3.63, 3.8) is 0 Å². The maximum atomic E-state index is 12.6. The summed E-state index contributed by atoms with van der Waals surface area (Å²) in [6.07, 6.45) is -0.698. The molecule has 1 saturated heterocycles. The third-order valence-electron chi connectivity index (χ3n) is 6.36. The zero-order valence-corrected chi connectivity index (χ0v) is 18.9. The summed E-state index contributed by atoms with van der Waals surface area (Å²) in [6, 6.07) is 7.45. The number of aliphatic carboxylic acids is 1. The van der Waals surface area contributed by atoms with Gasteiger partial charge in [-0.05, 0) is 68.5 Å². The number of ether oxygens (including phenoxy) is 2. The van der Waals surface area contributed by atoms with Crippen molar-refractivity contribution in [2.45, 2.75) is 38.3 Å². The van der Waals surface area contributed by atoms with Crippen molar-refractivity contribution in [1.82, 2.24) is 15.1 Å². The molecule has 0 unspecified atom stereocenters. The number of hydrogen-bond acceptors (Lipinski definition) is 6. The summed E-state index contributed by atoms with van der Waals surface area (Å²) >= 11 is 0. The van der Waals surface area contributed by atoms with Gasteiger partial charge in [-0.15, -0.1) is 5.10 Å². The van der Waals surface area contributed by atoms with Gasteiger partial charge in [-0.3, -0.25) is 9.69 Å². The van der Waals surface area contributed by atoms with Crippen molar-refractivity contribution >= 4 is 5.97 Å². The summed E-state index contributed by atoms with van der Waals surface area (Å²) in [5.41, 5.74) is 2.51. The van der Waals surface area contributed by atoms with Gasteiger partial charge in [-0.2, -0.15) is 18.3 Å². The Hall–Kier alpha value is -2.88. The van der Waals surface area contributed by atoms with Crippen molar-refractivity contribution in [1.29, 1.82) is 0 Å². The Balaban J connectivity index is 1.39. The molecule has 0 spiro atoms. The van der Waals surface area contributed by atoms with Gasteiger partial charge in [0.15, 0.2) is 0 Å². The molecule has 1 aliphatic carbocycles. The fourth-order valence-corrected chi connectivity index (χ4v) is 4.46. The molecule has 1 aromatic heterocycles. The molecule has 0 radical (unpaired) electrons. The van der Waals surface area contributed by atoms with Crippen LogP contribution in [-0.2, 0) is 4.79 Å². The van der Waals surface area contributed by atoms with Crippen LogP contribution in [0.25, 0.3) is 11.1 Å². The Bertz CT molecular complexity index is 1010. The van der Waals surface area contributed by atoms with Gasteiger partial charge in [0.05, 0.1) is 31.9 Å². The monoisotopic (exact) mass is 479 g/mol. The predicted octanol–water partition coefficient (Wildman–Crippen LogP) is 4.38. The molecule has 184 valence electrons. The molecule has 4 rings (SSSR count). The van der Waals surface area contributed by atoms with E-state index in [4.69, 9.17) is 9.47 Å². The van der Waals surface area contributed by atoms with Crippen LogP contribution in [0.1, 0.15) is 37.7 Å². The number of aromatic nitrogens is 2. The Kier molecular flexibility index (Phi) is 7.25. The van der Waals surface area contributed by atoms with E-state index in [0.29, 0.717) is 57.2 Å². The molecular weight excluding hydrogens is 451 g/mol. The highest BCUT2D eigenvalue weighted by Crippen LogP contribution is 2.51. The number of carbonyl (C=O) groups is 1. The fraction of sp³-hybridized carbons (Fsp3) is 0.542. The van der Waals surface area contributed by atoms with E-state index in [9.17, 15) is 23.1 Å². The largest absolute Gasteiger partial charge is 0.494 e. The van der Waals surface area contributed by atoms with Crippen molar-refractivity contribution in [2.75, 3.05) is 32.8 Å². The normalized spacial score (nSPS) is 21.3. The number of alkyl halides is 3. The lowest BCUT2D eigenvalue weighted by Gasteiger charge is -2.32. The van der Waals surface area contributed by atoms with Gasteiger partial charge >= 0.3 is 12.1 Å². The van der Waals surface area contributed by atoms with Crippen LogP contribution >= 0.6 is 0 Å². The SMILES string of the molecule is CCOc1ccc(-c2cnnc(OCC3CCN(CC(F)(F)F)CC3)c2)cc1[C@@H]1C[C@H]1C(=O)O. The molecule has 2 fully saturated rings. The fourth-order valence-electron chi connectivity index (χ4n) is 4.46. The van der Waals surface area contributed by atoms with E-state index < -0.39 is 24.6 Å². The van der Waals surface area contributed by atoms with Gasteiger partial charge < -0.3 is 14.6 Å². The molecule has 2 atom stereocenters. The lowest BCUT2D eigenvalue weighted by molar-refractivity contribution is -0.148. The van der Waals surface area contributed by atoms with Crippen molar-refractivity contribution in [2.24, 2.45) is 11.8 Å². The summed E-state index contributed by atoms with van der Waals surface area (Å²) in [4.78, 5) is 12.8. The van der Waals surface area contributed by atoms with Gasteiger partial charge in [-0.1, -0.05) is 6.07 Å². The first kappa shape index (κ1) is 24.3. The second-order valence-electron chi connectivity index (χ2n) is 8.90. The molecule has 0 amide bonds. The number of benzene rings is 1. The van der Waals surface area contributed by atoms with Gasteiger partial charge in [0.1, 0.15) is 5.75 Å². The summed E-state index contributed by atoms with van der Waals surface area (Å²) < 4.78 is 49.2. The van der Waals surface area contributed by atoms with E-state index in [1.807, 2.05) is 25.1 Å². The number of halogens is 3. The molecule has 2 heterocycles. The molecule has 7 nitrogen and oxygen atoms in total. The first-order valence-electron chi connectivity index (χ1n) is 11.5. The standard InChI is InChI=1S/C24H28F3N3O4/c1-2-33-21-4-3-16(9-19(21)18-11-20(18)23(31)32)17-10-22(29-28-12-17)34-13-15-5-7-30(8-6-15)14-24(25,26)27/h3-4,9-10,12,15,18,20H,2,5-8,11,13-14H2,1H3,(H,31,32)/t18-,20+/m0/s1. The zero-order valence-electron chi connectivity index (χ0n) is 18.9. The van der Waals surface area contributed by atoms with E-state index in [1.165, 1.54) is 4.90 Å². The smallest absolute Gasteiger partial charge is 0.401 e. The molecule has 1 aliphatic heterocycles. The number of piperidine rings is 1. The topological polar surface area (TPSA) is 84.8 Å². The van der Waals surface area contributed by atoms with Crippen LogP contribution in [-0.4, -0.2) is 65.2 Å². The first-order chi connectivity index (χ1) is 16.2. The number of carboxylic acid groups (broad SMARTS) is 1. The molecule has 1 aromatic carbocycles. The highest BCUT2D eigenvalue weighted by atomic mass is 19.4. The Morgan fingerprint density at radius 1 is 1.18 bits per heavy atom. The molecule has 2 aliphatic rings. The van der Waals surface area contributed by atoms with Gasteiger partial charge in [-0.25, -0.2) is 0 Å². The number of likely N-dealkylation sites (tertiary alicyclic amines) is 1. The minimum atomic E-state index is -4.17. The molecule has 1 N–H and O–H groups in total. The summed E-state index contributed by atoms with van der Waals surface area (Å²) in [6.45, 7) is 2.66. The zero-order chi connectivity index (χ0) is 24.3. The van der Waals surface area contributed by atoms with Crippen molar-refractivity contribution in [3.05, 3.63) is 36.0 Å². The second kappa shape index (κ2) is 10.2. The van der Waals surface area contributed by atoms with Crippen LogP contribution < -0.4 is 9.47 Å². The molecular formula is C24H28F3N3O4. The third kappa shape index (κ3) is 6.16. The van der Waals surface area contributed by atoms with Crippen LogP contribution in [0, 0.1) is 11.8 Å². The van der Waals surface area contributed by atoms with Crippen molar-refractivity contribution in [3.8, 4) is 22.8 Å². The van der Waals surface area contributed by atoms with E-state index in [2.05, 4.69) is 10.2 Å². The Morgan fingerprint density at radius 3 is 2.59 bits per heavy atom. The summed E-state index contributed by atoms with van der Waals surface area (Å²) in [5.74, 6) is -0.0757. The maximum Gasteiger partial charge on any atom is 0.401 e. The van der Waals surface area contributed by atoms with Crippen LogP contribution in [0.3, 0.4) is 0 Å². The van der Waals surface area contributed by atoms with E-state index in [0.717, 1.165) is 16.7 Å². The maximum absolute atomic E-state index is 12.6. The Labute approximate surface area is 195 Å².